The molecule has 16 heavy (non-hydrogen) atoms. The van der Waals surface area contributed by atoms with Crippen LogP contribution in [0.3, 0.4) is 0 Å². The summed E-state index contributed by atoms with van der Waals surface area (Å²) >= 11 is 3.39. The first-order chi connectivity index (χ1) is 7.66. The second kappa shape index (κ2) is 4.95. The van der Waals surface area contributed by atoms with Gasteiger partial charge in [-0.2, -0.15) is 0 Å². The fourth-order valence-corrected chi connectivity index (χ4v) is 2.08. The number of morpholine rings is 1. The predicted molar refractivity (Wildman–Crippen MR) is 62.3 cm³/mol. The van der Waals surface area contributed by atoms with Crippen molar-refractivity contribution >= 4 is 21.9 Å². The van der Waals surface area contributed by atoms with E-state index >= 15 is 0 Å². The second-order valence-corrected chi connectivity index (χ2v) is 4.59. The highest BCUT2D eigenvalue weighted by molar-refractivity contribution is 9.10. The van der Waals surface area contributed by atoms with E-state index in [1.165, 1.54) is 0 Å². The second-order valence-electron chi connectivity index (χ2n) is 3.68. The number of nitrogens with one attached hydrogen (secondary N) is 1. The number of carbonyl (C=O) groups is 1. The summed E-state index contributed by atoms with van der Waals surface area (Å²) in [6, 6.07) is 7.24. The van der Waals surface area contributed by atoms with Gasteiger partial charge in [-0.3, -0.25) is 10.1 Å². The molecule has 2 rings (SSSR count). The number of hydrogen-bond donors (Lipinski definition) is 2. The number of rotatable bonds is 2. The molecular weight excluding hydrogens is 274 g/mol. The number of aliphatic carboxylic acids is 1. The number of ether oxygens (including phenoxy) is 1. The third-order valence-electron chi connectivity index (χ3n) is 2.53. The van der Waals surface area contributed by atoms with Crippen LogP contribution in [0.2, 0.25) is 0 Å². The highest BCUT2D eigenvalue weighted by atomic mass is 79.9. The maximum atomic E-state index is 10.7. The highest BCUT2D eigenvalue weighted by Crippen LogP contribution is 2.22. The number of halogens is 1. The third kappa shape index (κ3) is 2.61. The van der Waals surface area contributed by atoms with Crippen molar-refractivity contribution in [3.8, 4) is 0 Å². The Morgan fingerprint density at radius 2 is 2.38 bits per heavy atom. The molecule has 86 valence electrons. The lowest BCUT2D eigenvalue weighted by Crippen LogP contribution is -2.47. The molecule has 0 amide bonds. The molecule has 1 fully saturated rings. The van der Waals surface area contributed by atoms with E-state index in [9.17, 15) is 4.79 Å². The Balaban J connectivity index is 2.01. The first-order valence-electron chi connectivity index (χ1n) is 5.00. The molecule has 1 saturated heterocycles. The molecule has 2 N–H and O–H groups in total. The third-order valence-corrected chi connectivity index (χ3v) is 3.03. The Kier molecular flexibility index (Phi) is 3.58. The van der Waals surface area contributed by atoms with Crippen molar-refractivity contribution in [1.82, 2.24) is 5.32 Å². The van der Waals surface area contributed by atoms with E-state index in [1.807, 2.05) is 24.3 Å². The minimum absolute atomic E-state index is 0.0758. The van der Waals surface area contributed by atoms with Gasteiger partial charge in [0.2, 0.25) is 0 Å². The summed E-state index contributed by atoms with van der Waals surface area (Å²) in [4.78, 5) is 10.7. The monoisotopic (exact) mass is 285 g/mol. The molecule has 0 spiro atoms. The van der Waals surface area contributed by atoms with Gasteiger partial charge in [-0.1, -0.05) is 28.1 Å². The van der Waals surface area contributed by atoms with Crippen LogP contribution >= 0.6 is 15.9 Å². The van der Waals surface area contributed by atoms with Gasteiger partial charge in [0.25, 0.3) is 0 Å². The van der Waals surface area contributed by atoms with Gasteiger partial charge in [0.05, 0.1) is 12.7 Å². The number of hydrogen-bond acceptors (Lipinski definition) is 3. The van der Waals surface area contributed by atoms with E-state index in [1.54, 1.807) is 0 Å². The van der Waals surface area contributed by atoms with E-state index in [-0.39, 0.29) is 12.7 Å². The lowest BCUT2D eigenvalue weighted by molar-refractivity contribution is -0.144. The molecule has 5 heteroatoms. The zero-order chi connectivity index (χ0) is 11.5. The Morgan fingerprint density at radius 3 is 2.94 bits per heavy atom. The quantitative estimate of drug-likeness (QED) is 0.866. The Labute approximate surface area is 102 Å². The number of carboxylic acid groups (broad SMARTS) is 1. The van der Waals surface area contributed by atoms with Gasteiger partial charge >= 0.3 is 5.97 Å². The van der Waals surface area contributed by atoms with Crippen LogP contribution in [0.4, 0.5) is 0 Å². The summed E-state index contributed by atoms with van der Waals surface area (Å²) in [5.74, 6) is -0.868. The number of carboxylic acids is 1. The van der Waals surface area contributed by atoms with Crippen LogP contribution in [0.5, 0.6) is 0 Å². The molecule has 1 aliphatic rings. The summed E-state index contributed by atoms with van der Waals surface area (Å²) in [5, 5.41) is 11.7. The Morgan fingerprint density at radius 1 is 1.56 bits per heavy atom. The minimum atomic E-state index is -0.868. The lowest BCUT2D eigenvalue weighted by atomic mass is 10.1. The van der Waals surface area contributed by atoms with Crippen molar-refractivity contribution in [3.63, 3.8) is 0 Å². The predicted octanol–water partition coefficient (Wildman–Crippen LogP) is 1.56. The van der Waals surface area contributed by atoms with Gasteiger partial charge < -0.3 is 9.84 Å². The molecule has 1 aromatic rings. The lowest BCUT2D eigenvalue weighted by Gasteiger charge is -2.28. The van der Waals surface area contributed by atoms with E-state index < -0.39 is 12.0 Å². The smallest absolute Gasteiger partial charge is 0.323 e. The molecule has 0 bridgehead atoms. The van der Waals surface area contributed by atoms with Gasteiger partial charge in [-0.25, -0.2) is 0 Å². The standard InChI is InChI=1S/C11H12BrNO3/c12-8-3-1-2-7(4-8)10-5-13-9(6-16-10)11(14)15/h1-4,9-10,13H,5-6H2,(H,14,15). The summed E-state index contributed by atoms with van der Waals surface area (Å²) in [6.45, 7) is 0.722. The molecule has 4 nitrogen and oxygen atoms in total. The van der Waals surface area contributed by atoms with Gasteiger partial charge in [0.15, 0.2) is 0 Å². The van der Waals surface area contributed by atoms with Crippen LogP contribution in [-0.2, 0) is 9.53 Å². The van der Waals surface area contributed by atoms with Gasteiger partial charge in [-0.15, -0.1) is 0 Å². The molecule has 2 unspecified atom stereocenters. The fraction of sp³-hybridized carbons (Fsp3) is 0.364. The molecule has 0 aromatic heterocycles. The largest absolute Gasteiger partial charge is 0.480 e. The summed E-state index contributed by atoms with van der Waals surface area (Å²) in [5.41, 5.74) is 1.05. The maximum absolute atomic E-state index is 10.7. The van der Waals surface area contributed by atoms with E-state index in [4.69, 9.17) is 9.84 Å². The average molecular weight is 286 g/mol. The highest BCUT2D eigenvalue weighted by Gasteiger charge is 2.26. The first-order valence-corrected chi connectivity index (χ1v) is 5.79. The van der Waals surface area contributed by atoms with Crippen molar-refractivity contribution in [3.05, 3.63) is 34.3 Å². The molecule has 1 aliphatic heterocycles. The van der Waals surface area contributed by atoms with Crippen LogP contribution < -0.4 is 5.32 Å². The van der Waals surface area contributed by atoms with Crippen molar-refractivity contribution in [2.24, 2.45) is 0 Å². The molecule has 0 aliphatic carbocycles. The summed E-state index contributed by atoms with van der Waals surface area (Å²) in [6.07, 6.45) is -0.0758. The molecule has 1 aromatic carbocycles. The van der Waals surface area contributed by atoms with Crippen LogP contribution in [0.1, 0.15) is 11.7 Å². The normalized spacial score (nSPS) is 25.3. The SMILES string of the molecule is O=C(O)C1COC(c2cccc(Br)c2)CN1. The summed E-state index contributed by atoms with van der Waals surface area (Å²) < 4.78 is 6.52. The topological polar surface area (TPSA) is 58.6 Å². The van der Waals surface area contributed by atoms with Crippen LogP contribution in [-0.4, -0.2) is 30.3 Å². The van der Waals surface area contributed by atoms with Gasteiger partial charge in [0, 0.05) is 11.0 Å². The van der Waals surface area contributed by atoms with E-state index in [2.05, 4.69) is 21.2 Å². The van der Waals surface area contributed by atoms with Crippen LogP contribution in [0, 0.1) is 0 Å². The minimum Gasteiger partial charge on any atom is -0.480 e. The zero-order valence-electron chi connectivity index (χ0n) is 8.52. The Hall–Kier alpha value is -0.910. The van der Waals surface area contributed by atoms with Crippen molar-refractivity contribution < 1.29 is 14.6 Å². The van der Waals surface area contributed by atoms with E-state index in [0.717, 1.165) is 10.0 Å². The molecule has 0 saturated carbocycles. The fourth-order valence-electron chi connectivity index (χ4n) is 1.66. The average Bonchev–Trinajstić information content (AvgIpc) is 2.29. The molecule has 1 heterocycles. The van der Waals surface area contributed by atoms with Crippen molar-refractivity contribution in [1.29, 1.82) is 0 Å². The van der Waals surface area contributed by atoms with E-state index in [0.29, 0.717) is 6.54 Å². The zero-order valence-corrected chi connectivity index (χ0v) is 10.1. The maximum Gasteiger partial charge on any atom is 0.323 e. The molecule has 2 atom stereocenters. The first kappa shape index (κ1) is 11.6. The number of benzene rings is 1. The molecular formula is C11H12BrNO3. The van der Waals surface area contributed by atoms with Gasteiger partial charge in [-0.05, 0) is 17.7 Å². The Bertz CT molecular complexity index is 389. The van der Waals surface area contributed by atoms with Crippen LogP contribution in [0.15, 0.2) is 28.7 Å². The van der Waals surface area contributed by atoms with Crippen LogP contribution in [0.25, 0.3) is 0 Å². The van der Waals surface area contributed by atoms with Gasteiger partial charge in [0.1, 0.15) is 6.04 Å². The summed E-state index contributed by atoms with van der Waals surface area (Å²) in [7, 11) is 0. The van der Waals surface area contributed by atoms with Crippen molar-refractivity contribution in [2.45, 2.75) is 12.1 Å². The van der Waals surface area contributed by atoms with Crippen molar-refractivity contribution in [2.75, 3.05) is 13.2 Å². The molecule has 0 radical (unpaired) electrons.